The molecule has 0 aromatic heterocycles. The van der Waals surface area contributed by atoms with Crippen LogP contribution in [-0.4, -0.2) is 18.6 Å². The van der Waals surface area contributed by atoms with E-state index in [1.54, 1.807) is 0 Å². The van der Waals surface area contributed by atoms with Crippen LogP contribution in [0.3, 0.4) is 0 Å². The van der Waals surface area contributed by atoms with Crippen molar-refractivity contribution in [2.75, 3.05) is 6.16 Å². The highest BCUT2D eigenvalue weighted by Gasteiger charge is 2.46. The molecule has 0 saturated heterocycles. The third-order valence-electron chi connectivity index (χ3n) is 9.58. The van der Waals surface area contributed by atoms with Crippen LogP contribution in [0.5, 0.6) is 0 Å². The smallest absolute Gasteiger partial charge is 0.126 e. The molecule has 0 bridgehead atoms. The van der Waals surface area contributed by atoms with Crippen molar-refractivity contribution < 1.29 is 4.79 Å². The summed E-state index contributed by atoms with van der Waals surface area (Å²) in [7, 11) is -1.86. The molecule has 7 aromatic carbocycles. The van der Waals surface area contributed by atoms with Crippen LogP contribution in [-0.2, 0) is 4.79 Å². The third-order valence-corrected chi connectivity index (χ3v) is 14.2. The second-order valence-electron chi connectivity index (χ2n) is 12.6. The molecule has 1 atom stereocenters. The number of carbonyl (C=O) groups excluding carboxylic acids is 1. The molecule has 3 heteroatoms. The predicted octanol–water partition coefficient (Wildman–Crippen LogP) is 6.88. The van der Waals surface area contributed by atoms with Crippen LogP contribution in [0.1, 0.15) is 6.92 Å². The molecule has 49 heavy (non-hydrogen) atoms. The Labute approximate surface area is 292 Å². The number of hydrogen-bond donors (Lipinski definition) is 0. The van der Waals surface area contributed by atoms with E-state index >= 15 is 0 Å². The van der Waals surface area contributed by atoms with E-state index in [0.29, 0.717) is 0 Å². The highest BCUT2D eigenvalue weighted by Crippen LogP contribution is 2.56. The average Bonchev–Trinajstić information content (AvgIpc) is 3.20. The largest absolute Gasteiger partial charge is 0.303 e. The van der Waals surface area contributed by atoms with Crippen molar-refractivity contribution in [2.45, 2.75) is 6.92 Å². The number of hydrogen-bond acceptors (Lipinski definition) is 1. The van der Waals surface area contributed by atoms with Gasteiger partial charge in [-0.1, -0.05) is 183 Å². The SMILES string of the molecule is CC(C=O)C[P+](c1ccccc1)(c1ccccc1)c1ccccc1.c1ccc([B-](c2ccccc2)(c2ccccc2)c2ccccc2)cc1. The molecule has 0 aliphatic carbocycles. The van der Waals surface area contributed by atoms with Gasteiger partial charge in [-0.05, 0) is 36.4 Å². The van der Waals surface area contributed by atoms with E-state index in [9.17, 15) is 4.79 Å². The van der Waals surface area contributed by atoms with Gasteiger partial charge in [0, 0.05) is 5.92 Å². The van der Waals surface area contributed by atoms with E-state index in [-0.39, 0.29) is 5.92 Å². The fraction of sp³-hybridized carbons (Fsp3) is 0.0652. The van der Waals surface area contributed by atoms with Gasteiger partial charge in [0.2, 0.25) is 0 Å². The van der Waals surface area contributed by atoms with Gasteiger partial charge in [0.25, 0.3) is 0 Å². The fourth-order valence-electron chi connectivity index (χ4n) is 7.41. The molecule has 0 N–H and O–H groups in total. The molecule has 0 aliphatic rings. The van der Waals surface area contributed by atoms with Crippen molar-refractivity contribution in [3.63, 3.8) is 0 Å². The normalized spacial score (nSPS) is 11.9. The lowest BCUT2D eigenvalue weighted by molar-refractivity contribution is -0.110. The predicted molar refractivity (Wildman–Crippen MR) is 215 cm³/mol. The molecule has 7 aromatic rings. The Bertz CT molecular complexity index is 1730. The number of benzene rings is 7. The zero-order chi connectivity index (χ0) is 33.8. The summed E-state index contributed by atoms with van der Waals surface area (Å²) in [6.45, 7) is 2.02. The van der Waals surface area contributed by atoms with Gasteiger partial charge in [-0.15, -0.1) is 0 Å². The summed E-state index contributed by atoms with van der Waals surface area (Å²) < 4.78 is 0. The van der Waals surface area contributed by atoms with E-state index in [2.05, 4.69) is 212 Å². The number of rotatable bonds is 10. The zero-order valence-corrected chi connectivity index (χ0v) is 28.9. The van der Waals surface area contributed by atoms with Crippen LogP contribution >= 0.6 is 7.26 Å². The highest BCUT2D eigenvalue weighted by molar-refractivity contribution is 7.95. The summed E-state index contributed by atoms with van der Waals surface area (Å²) in [4.78, 5) is 11.5. The van der Waals surface area contributed by atoms with Crippen LogP contribution in [0.4, 0.5) is 0 Å². The minimum Gasteiger partial charge on any atom is -0.303 e. The maximum atomic E-state index is 11.5. The van der Waals surface area contributed by atoms with Crippen molar-refractivity contribution >= 4 is 57.5 Å². The summed E-state index contributed by atoms with van der Waals surface area (Å²) in [5.74, 6) is 0.0129. The lowest BCUT2D eigenvalue weighted by Crippen LogP contribution is -2.74. The monoisotopic (exact) mass is 652 g/mol. The standard InChI is InChI=1S/C24H20B.C22H22OP/c1-5-13-21(14-6-1)25(22-15-7-2-8-16-22,23-17-9-3-10-18-23)24-19-11-4-12-20-24;1-19(17-23)18-24(20-11-5-2-6-12-20,21-13-7-3-8-14-21)22-15-9-4-10-16-22/h1-20H;2-17,19H,18H2,1H3/q-1;+1. The molecule has 0 spiro atoms. The average molecular weight is 653 g/mol. The van der Waals surface area contributed by atoms with Crippen molar-refractivity contribution in [1.82, 2.24) is 0 Å². The second-order valence-corrected chi connectivity index (χ2v) is 16.2. The number of carbonyl (C=O) groups is 1. The van der Waals surface area contributed by atoms with Gasteiger partial charge in [0.05, 0.1) is 6.16 Å². The first-order valence-electron chi connectivity index (χ1n) is 17.1. The molecule has 7 rings (SSSR count). The first-order valence-corrected chi connectivity index (χ1v) is 19.0. The highest BCUT2D eigenvalue weighted by atomic mass is 31.2. The summed E-state index contributed by atoms with van der Waals surface area (Å²) in [6.07, 6.45) is 0.727. The van der Waals surface area contributed by atoms with Gasteiger partial charge in [0.1, 0.15) is 35.6 Å². The van der Waals surface area contributed by atoms with Crippen molar-refractivity contribution in [3.05, 3.63) is 212 Å². The first-order chi connectivity index (χ1) is 24.2. The van der Waals surface area contributed by atoms with Crippen LogP contribution < -0.4 is 37.8 Å². The lowest BCUT2D eigenvalue weighted by Gasteiger charge is -2.44. The van der Waals surface area contributed by atoms with Gasteiger partial charge >= 0.3 is 0 Å². The van der Waals surface area contributed by atoms with Gasteiger partial charge in [-0.2, -0.15) is 21.9 Å². The Balaban J connectivity index is 0.000000170. The van der Waals surface area contributed by atoms with Gasteiger partial charge in [-0.3, -0.25) is 0 Å². The van der Waals surface area contributed by atoms with Gasteiger partial charge in [-0.25, -0.2) is 0 Å². The minimum atomic E-state index is -1.86. The van der Waals surface area contributed by atoms with Crippen molar-refractivity contribution in [3.8, 4) is 0 Å². The Morgan fingerprint density at radius 3 is 0.857 bits per heavy atom. The summed E-state index contributed by atoms with van der Waals surface area (Å²) >= 11 is 0. The van der Waals surface area contributed by atoms with E-state index in [4.69, 9.17) is 0 Å². The summed E-state index contributed by atoms with van der Waals surface area (Å²) in [6, 6.07) is 75.6. The Morgan fingerprint density at radius 1 is 0.408 bits per heavy atom. The summed E-state index contributed by atoms with van der Waals surface area (Å²) in [5, 5.41) is 3.99. The molecule has 0 radical (unpaired) electrons. The van der Waals surface area contributed by atoms with E-state index in [0.717, 1.165) is 12.4 Å². The molecule has 0 fully saturated rings. The molecule has 1 unspecified atom stereocenters. The Morgan fingerprint density at radius 2 is 0.633 bits per heavy atom. The van der Waals surface area contributed by atoms with Gasteiger partial charge in [0.15, 0.2) is 0 Å². The van der Waals surface area contributed by atoms with E-state index < -0.39 is 13.4 Å². The maximum Gasteiger partial charge on any atom is 0.126 e. The fourth-order valence-corrected chi connectivity index (χ4v) is 11.9. The van der Waals surface area contributed by atoms with Crippen LogP contribution in [0.15, 0.2) is 212 Å². The lowest BCUT2D eigenvalue weighted by atomic mass is 9.13. The minimum absolute atomic E-state index is 0.0129. The molecule has 0 aliphatic heterocycles. The van der Waals surface area contributed by atoms with Crippen LogP contribution in [0.2, 0.25) is 0 Å². The molecular formula is C46H42BOP. The quantitative estimate of drug-likeness (QED) is 0.0895. The maximum absolute atomic E-state index is 11.5. The van der Waals surface area contributed by atoms with E-state index in [1.165, 1.54) is 37.8 Å². The molecule has 0 saturated carbocycles. The molecule has 0 heterocycles. The third kappa shape index (κ3) is 7.12. The van der Waals surface area contributed by atoms with Crippen molar-refractivity contribution in [2.24, 2.45) is 5.92 Å². The topological polar surface area (TPSA) is 17.1 Å². The van der Waals surface area contributed by atoms with E-state index in [1.807, 2.05) is 6.92 Å². The zero-order valence-electron chi connectivity index (χ0n) is 28.0. The Kier molecular flexibility index (Phi) is 11.1. The van der Waals surface area contributed by atoms with Gasteiger partial charge < -0.3 is 4.79 Å². The second kappa shape index (κ2) is 16.2. The molecule has 1 nitrogen and oxygen atoms in total. The Hall–Kier alpha value is -5.30. The van der Waals surface area contributed by atoms with Crippen LogP contribution in [0.25, 0.3) is 0 Å². The first kappa shape index (κ1) is 33.6. The summed E-state index contributed by atoms with van der Waals surface area (Å²) in [5.41, 5.74) is 5.36. The van der Waals surface area contributed by atoms with Crippen LogP contribution in [0, 0.1) is 5.92 Å². The number of aldehydes is 1. The molecule has 0 amide bonds. The molecular weight excluding hydrogens is 610 g/mol. The van der Waals surface area contributed by atoms with Crippen molar-refractivity contribution in [1.29, 1.82) is 0 Å². The molecule has 240 valence electrons.